The highest BCUT2D eigenvalue weighted by Gasteiger charge is 1.95. The van der Waals surface area contributed by atoms with Gasteiger partial charge in [0.05, 0.1) is 0 Å². The number of hydrogen-bond acceptors (Lipinski definition) is 2. The van der Waals surface area contributed by atoms with Gasteiger partial charge < -0.3 is 11.5 Å². The van der Waals surface area contributed by atoms with Gasteiger partial charge in [-0.15, -0.1) is 48.0 Å². The van der Waals surface area contributed by atoms with Crippen LogP contribution in [0.3, 0.4) is 0 Å². The Labute approximate surface area is 129 Å². The number of nitrogens with two attached hydrogens (primary N) is 2. The second-order valence-electron chi connectivity index (χ2n) is 3.24. The van der Waals surface area contributed by atoms with Gasteiger partial charge in [0, 0.05) is 11.4 Å². The average Bonchev–Trinajstić information content (AvgIpc) is 2.21. The van der Waals surface area contributed by atoms with Gasteiger partial charge in [0.15, 0.2) is 0 Å². The second kappa shape index (κ2) is 6.95. The molecule has 4 heteroatoms. The van der Waals surface area contributed by atoms with E-state index in [-0.39, 0.29) is 48.0 Å². The molecule has 0 radical (unpaired) electrons. The first-order valence-electron chi connectivity index (χ1n) is 4.47. The summed E-state index contributed by atoms with van der Waals surface area (Å²) in [5.41, 5.74) is 15.1. The van der Waals surface area contributed by atoms with Crippen molar-refractivity contribution >= 4 is 59.3 Å². The Kier molecular flexibility index (Phi) is 6.73. The third-order valence-corrected chi connectivity index (χ3v) is 2.15. The lowest BCUT2D eigenvalue weighted by atomic mass is 10.1. The number of hydrogen-bond donors (Lipinski definition) is 2. The van der Waals surface area contributed by atoms with E-state index >= 15 is 0 Å². The first-order chi connectivity index (χ1) is 6.75. The predicted molar refractivity (Wildman–Crippen MR) is 91.5 cm³/mol. The quantitative estimate of drug-likeness (QED) is 0.525. The van der Waals surface area contributed by atoms with Gasteiger partial charge in [0.25, 0.3) is 0 Å². The molecule has 0 unspecified atom stereocenters. The summed E-state index contributed by atoms with van der Waals surface area (Å²) >= 11 is 0. The first-order valence-corrected chi connectivity index (χ1v) is 4.47. The van der Waals surface area contributed by atoms with Gasteiger partial charge in [0.1, 0.15) is 0 Å². The van der Waals surface area contributed by atoms with Crippen LogP contribution in [0, 0.1) is 0 Å². The standard InChI is InChI=1S/C12H12N2.2HI/c13-11-5-1-9(2-6-11)10-3-7-12(14)8-4-10;;/h1-8H,13-14H2;2*1H. The van der Waals surface area contributed by atoms with Crippen molar-refractivity contribution in [3.63, 3.8) is 0 Å². The fourth-order valence-electron chi connectivity index (χ4n) is 1.35. The molecular weight excluding hydrogens is 426 g/mol. The zero-order chi connectivity index (χ0) is 9.97. The summed E-state index contributed by atoms with van der Waals surface area (Å²) in [6.07, 6.45) is 0. The Hall–Kier alpha value is -0.500. The van der Waals surface area contributed by atoms with Crippen LogP contribution in [0.15, 0.2) is 48.5 Å². The predicted octanol–water partition coefficient (Wildman–Crippen LogP) is 3.75. The number of nitrogen functional groups attached to an aromatic ring is 2. The Morgan fingerprint density at radius 3 is 1.00 bits per heavy atom. The van der Waals surface area contributed by atoms with Gasteiger partial charge in [-0.3, -0.25) is 0 Å². The molecule has 0 saturated heterocycles. The third kappa shape index (κ3) is 3.82. The average molecular weight is 440 g/mol. The Morgan fingerprint density at radius 2 is 0.750 bits per heavy atom. The van der Waals surface area contributed by atoms with Crippen molar-refractivity contribution in [1.82, 2.24) is 0 Å². The van der Waals surface area contributed by atoms with E-state index in [2.05, 4.69) is 0 Å². The van der Waals surface area contributed by atoms with Gasteiger partial charge in [-0.25, -0.2) is 0 Å². The first kappa shape index (κ1) is 15.5. The topological polar surface area (TPSA) is 52.0 Å². The molecule has 0 saturated carbocycles. The van der Waals surface area contributed by atoms with Gasteiger partial charge in [0.2, 0.25) is 0 Å². The number of anilines is 2. The minimum absolute atomic E-state index is 0. The molecule has 86 valence electrons. The molecule has 0 aliphatic heterocycles. The van der Waals surface area contributed by atoms with Crippen molar-refractivity contribution in [2.24, 2.45) is 0 Å². The smallest absolute Gasteiger partial charge is 0.0314 e. The fourth-order valence-corrected chi connectivity index (χ4v) is 1.35. The van der Waals surface area contributed by atoms with Crippen molar-refractivity contribution < 1.29 is 0 Å². The summed E-state index contributed by atoms with van der Waals surface area (Å²) in [5, 5.41) is 0. The normalized spacial score (nSPS) is 8.75. The minimum atomic E-state index is 0. The zero-order valence-corrected chi connectivity index (χ0v) is 13.3. The van der Waals surface area contributed by atoms with Gasteiger partial charge in [-0.1, -0.05) is 24.3 Å². The Morgan fingerprint density at radius 1 is 0.500 bits per heavy atom. The molecule has 0 atom stereocenters. The highest BCUT2D eigenvalue weighted by molar-refractivity contribution is 14.0. The molecule has 2 aromatic carbocycles. The highest BCUT2D eigenvalue weighted by atomic mass is 127. The molecule has 0 spiro atoms. The van der Waals surface area contributed by atoms with Gasteiger partial charge >= 0.3 is 0 Å². The summed E-state index contributed by atoms with van der Waals surface area (Å²) in [6, 6.07) is 15.6. The molecule has 0 heterocycles. The van der Waals surface area contributed by atoms with E-state index in [4.69, 9.17) is 11.5 Å². The maximum atomic E-state index is 5.61. The molecule has 2 nitrogen and oxygen atoms in total. The van der Waals surface area contributed by atoms with Crippen molar-refractivity contribution in [2.75, 3.05) is 11.5 Å². The molecular formula is C12H14I2N2. The third-order valence-electron chi connectivity index (χ3n) is 2.15. The number of benzene rings is 2. The lowest BCUT2D eigenvalue weighted by Crippen LogP contribution is -1.85. The van der Waals surface area contributed by atoms with Crippen LogP contribution in [-0.4, -0.2) is 0 Å². The summed E-state index contributed by atoms with van der Waals surface area (Å²) in [6.45, 7) is 0. The number of rotatable bonds is 1. The maximum absolute atomic E-state index is 5.61. The monoisotopic (exact) mass is 440 g/mol. The molecule has 2 rings (SSSR count). The molecule has 0 fully saturated rings. The minimum Gasteiger partial charge on any atom is -0.399 e. The van der Waals surface area contributed by atoms with Crippen LogP contribution < -0.4 is 11.5 Å². The lowest BCUT2D eigenvalue weighted by Gasteiger charge is -2.02. The Bertz CT molecular complexity index is 380. The largest absolute Gasteiger partial charge is 0.399 e. The van der Waals surface area contributed by atoms with Crippen molar-refractivity contribution in [1.29, 1.82) is 0 Å². The van der Waals surface area contributed by atoms with Crippen LogP contribution in [0.1, 0.15) is 0 Å². The molecule has 0 aliphatic rings. The van der Waals surface area contributed by atoms with E-state index in [0.29, 0.717) is 0 Å². The molecule has 0 bridgehead atoms. The summed E-state index contributed by atoms with van der Waals surface area (Å²) in [7, 11) is 0. The van der Waals surface area contributed by atoms with Crippen LogP contribution in [-0.2, 0) is 0 Å². The van der Waals surface area contributed by atoms with Crippen LogP contribution in [0.5, 0.6) is 0 Å². The van der Waals surface area contributed by atoms with E-state index in [0.717, 1.165) is 22.5 Å². The second-order valence-corrected chi connectivity index (χ2v) is 3.24. The summed E-state index contributed by atoms with van der Waals surface area (Å²) < 4.78 is 0. The van der Waals surface area contributed by atoms with Gasteiger partial charge in [-0.05, 0) is 35.4 Å². The molecule has 4 N–H and O–H groups in total. The van der Waals surface area contributed by atoms with E-state index < -0.39 is 0 Å². The fraction of sp³-hybridized carbons (Fsp3) is 0. The zero-order valence-electron chi connectivity index (χ0n) is 8.59. The van der Waals surface area contributed by atoms with E-state index in [1.807, 2.05) is 48.5 Å². The van der Waals surface area contributed by atoms with Crippen molar-refractivity contribution in [3.8, 4) is 11.1 Å². The molecule has 0 amide bonds. The molecule has 0 aromatic heterocycles. The molecule has 2 aromatic rings. The Balaban J connectivity index is 0.00000112. The van der Waals surface area contributed by atoms with Gasteiger partial charge in [-0.2, -0.15) is 0 Å². The summed E-state index contributed by atoms with van der Waals surface area (Å²) in [4.78, 5) is 0. The van der Waals surface area contributed by atoms with E-state index in [1.165, 1.54) is 0 Å². The van der Waals surface area contributed by atoms with Crippen molar-refractivity contribution in [3.05, 3.63) is 48.5 Å². The lowest BCUT2D eigenvalue weighted by molar-refractivity contribution is 1.61. The molecule has 0 aliphatic carbocycles. The van der Waals surface area contributed by atoms with E-state index in [1.54, 1.807) is 0 Å². The van der Waals surface area contributed by atoms with Crippen LogP contribution >= 0.6 is 48.0 Å². The number of halogens is 2. The summed E-state index contributed by atoms with van der Waals surface area (Å²) in [5.74, 6) is 0. The van der Waals surface area contributed by atoms with Crippen LogP contribution in [0.4, 0.5) is 11.4 Å². The van der Waals surface area contributed by atoms with Crippen LogP contribution in [0.25, 0.3) is 11.1 Å². The highest BCUT2D eigenvalue weighted by Crippen LogP contribution is 2.21. The maximum Gasteiger partial charge on any atom is 0.0314 e. The molecule has 16 heavy (non-hydrogen) atoms. The van der Waals surface area contributed by atoms with Crippen molar-refractivity contribution in [2.45, 2.75) is 0 Å². The SMILES string of the molecule is I.I.Nc1ccc(-c2ccc(N)cc2)cc1. The van der Waals surface area contributed by atoms with Crippen LogP contribution in [0.2, 0.25) is 0 Å². The van der Waals surface area contributed by atoms with E-state index in [9.17, 15) is 0 Å².